The van der Waals surface area contributed by atoms with Crippen molar-refractivity contribution in [3.05, 3.63) is 68.1 Å². The minimum atomic E-state index is -0.550. The number of carbonyl (C=O) groups excluding carboxylic acids is 2. The van der Waals surface area contributed by atoms with E-state index in [1.807, 2.05) is 4.90 Å². The summed E-state index contributed by atoms with van der Waals surface area (Å²) in [6, 6.07) is 9.71. The van der Waals surface area contributed by atoms with Crippen molar-refractivity contribution >= 4 is 46.2 Å². The van der Waals surface area contributed by atoms with E-state index in [2.05, 4.69) is 0 Å². The van der Waals surface area contributed by atoms with Crippen LogP contribution in [0.15, 0.2) is 45.6 Å². The summed E-state index contributed by atoms with van der Waals surface area (Å²) in [5.74, 6) is -0.904. The minimum absolute atomic E-state index is 0.198. The molecule has 32 heavy (non-hydrogen) atoms. The van der Waals surface area contributed by atoms with Crippen LogP contribution in [0, 0.1) is 0 Å². The van der Waals surface area contributed by atoms with Crippen molar-refractivity contribution in [3.8, 4) is 0 Å². The van der Waals surface area contributed by atoms with Crippen molar-refractivity contribution in [2.45, 2.75) is 13.6 Å². The molecule has 2 aromatic carbocycles. The molecule has 3 aromatic rings. The van der Waals surface area contributed by atoms with Crippen LogP contribution in [0.1, 0.15) is 22.8 Å². The predicted octanol–water partition coefficient (Wildman–Crippen LogP) is 3.86. The largest absolute Gasteiger partial charge is 0.450 e. The van der Waals surface area contributed by atoms with Gasteiger partial charge in [-0.15, -0.1) is 0 Å². The van der Waals surface area contributed by atoms with Gasteiger partial charge in [-0.3, -0.25) is 14.3 Å². The van der Waals surface area contributed by atoms with E-state index in [1.165, 1.54) is 10.6 Å². The molecule has 10 heteroatoms. The molecule has 2 heterocycles. The lowest BCUT2D eigenvalue weighted by Crippen LogP contribution is -2.49. The number of halogens is 2. The first-order chi connectivity index (χ1) is 15.4. The third kappa shape index (κ3) is 4.39. The van der Waals surface area contributed by atoms with Gasteiger partial charge in [-0.1, -0.05) is 35.3 Å². The lowest BCUT2D eigenvalue weighted by molar-refractivity contribution is 0.0705. The van der Waals surface area contributed by atoms with Gasteiger partial charge in [0.05, 0.1) is 28.8 Å². The molecule has 1 aliphatic rings. The van der Waals surface area contributed by atoms with Crippen molar-refractivity contribution in [3.63, 3.8) is 0 Å². The Kier molecular flexibility index (Phi) is 6.55. The fraction of sp³-hybridized carbons (Fsp3) is 0.318. The minimum Gasteiger partial charge on any atom is -0.450 e. The lowest BCUT2D eigenvalue weighted by Gasteiger charge is -2.33. The number of ketones is 1. The van der Waals surface area contributed by atoms with Gasteiger partial charge in [0.2, 0.25) is 0 Å². The molecule has 1 amide bonds. The highest BCUT2D eigenvalue weighted by Gasteiger charge is 2.24. The van der Waals surface area contributed by atoms with Crippen LogP contribution in [-0.2, 0) is 11.4 Å². The number of amides is 1. The number of aromatic nitrogens is 1. The Balaban J connectivity index is 1.56. The van der Waals surface area contributed by atoms with Gasteiger partial charge >= 0.3 is 11.8 Å². The number of piperazine rings is 1. The first-order valence-electron chi connectivity index (χ1n) is 10.1. The standard InChI is InChI=1S/C22H21Cl2N3O5/c1-2-31-21(29)26-9-7-25(8-10-26)13-27-18-12-17(24)15(11-19(18)32-22(27)30)20(28)14-5-3-4-6-16(14)23/h3-6,11-12H,2,7-10,13H2,1H3. The van der Waals surface area contributed by atoms with Crippen LogP contribution in [0.3, 0.4) is 0 Å². The highest BCUT2D eigenvalue weighted by Crippen LogP contribution is 2.28. The van der Waals surface area contributed by atoms with Crippen molar-refractivity contribution in [1.82, 2.24) is 14.4 Å². The lowest BCUT2D eigenvalue weighted by atomic mass is 10.0. The molecule has 168 valence electrons. The number of rotatable bonds is 5. The number of carbonyl (C=O) groups is 2. The molecule has 0 atom stereocenters. The predicted molar refractivity (Wildman–Crippen MR) is 121 cm³/mol. The molecular formula is C22H21Cl2N3O5. The molecule has 1 aromatic heterocycles. The second-order valence-corrected chi connectivity index (χ2v) is 8.16. The van der Waals surface area contributed by atoms with Crippen LogP contribution in [0.25, 0.3) is 11.1 Å². The van der Waals surface area contributed by atoms with Crippen molar-refractivity contribution in [2.24, 2.45) is 0 Å². The third-order valence-corrected chi connectivity index (χ3v) is 6.00. The number of hydrogen-bond acceptors (Lipinski definition) is 6. The van der Waals surface area contributed by atoms with Gasteiger partial charge in [-0.2, -0.15) is 0 Å². The Morgan fingerprint density at radius 3 is 2.44 bits per heavy atom. The number of fused-ring (bicyclic) bond motifs is 1. The zero-order valence-electron chi connectivity index (χ0n) is 17.3. The Morgan fingerprint density at radius 1 is 1.03 bits per heavy atom. The molecule has 0 saturated carbocycles. The summed E-state index contributed by atoms with van der Waals surface area (Å²) in [4.78, 5) is 41.0. The maximum Gasteiger partial charge on any atom is 0.421 e. The number of nitrogens with zero attached hydrogens (tertiary/aromatic N) is 3. The van der Waals surface area contributed by atoms with Gasteiger partial charge in [-0.25, -0.2) is 9.59 Å². The monoisotopic (exact) mass is 477 g/mol. The van der Waals surface area contributed by atoms with Crippen molar-refractivity contribution < 1.29 is 18.7 Å². The summed E-state index contributed by atoms with van der Waals surface area (Å²) >= 11 is 12.6. The number of ether oxygens (including phenoxy) is 1. The van der Waals surface area contributed by atoms with E-state index in [9.17, 15) is 14.4 Å². The average molecular weight is 478 g/mol. The second-order valence-electron chi connectivity index (χ2n) is 7.35. The summed E-state index contributed by atoms with van der Waals surface area (Å²) in [6.45, 7) is 4.53. The summed E-state index contributed by atoms with van der Waals surface area (Å²) < 4.78 is 11.9. The zero-order valence-corrected chi connectivity index (χ0v) is 18.9. The Morgan fingerprint density at radius 2 is 1.75 bits per heavy atom. The molecule has 0 unspecified atom stereocenters. The molecule has 0 N–H and O–H groups in total. The van der Waals surface area contributed by atoms with Crippen LogP contribution in [-0.4, -0.2) is 59.0 Å². The maximum atomic E-state index is 12.9. The summed E-state index contributed by atoms with van der Waals surface area (Å²) in [5, 5.41) is 0.513. The first kappa shape index (κ1) is 22.4. The van der Waals surface area contributed by atoms with Gasteiger partial charge in [-0.05, 0) is 31.2 Å². The molecule has 1 saturated heterocycles. The van der Waals surface area contributed by atoms with E-state index in [-0.39, 0.29) is 34.7 Å². The molecule has 0 bridgehead atoms. The average Bonchev–Trinajstić information content (AvgIpc) is 3.08. The Bertz CT molecular complexity index is 1230. The summed E-state index contributed by atoms with van der Waals surface area (Å²) in [5.41, 5.74) is 1.27. The molecule has 0 aliphatic carbocycles. The van der Waals surface area contributed by atoms with Gasteiger partial charge in [0.1, 0.15) is 0 Å². The van der Waals surface area contributed by atoms with Gasteiger partial charge in [0, 0.05) is 37.3 Å². The zero-order chi connectivity index (χ0) is 22.8. The SMILES string of the molecule is CCOC(=O)N1CCN(Cn2c(=O)oc3cc(C(=O)c4ccccc4Cl)c(Cl)cc32)CC1. The fourth-order valence-electron chi connectivity index (χ4n) is 3.67. The van der Waals surface area contributed by atoms with E-state index in [0.29, 0.717) is 48.9 Å². The van der Waals surface area contributed by atoms with Crippen LogP contribution in [0.4, 0.5) is 4.79 Å². The molecule has 8 nitrogen and oxygen atoms in total. The number of oxazole rings is 1. The number of hydrogen-bond donors (Lipinski definition) is 0. The van der Waals surface area contributed by atoms with Gasteiger partial charge < -0.3 is 14.1 Å². The molecule has 0 radical (unpaired) electrons. The van der Waals surface area contributed by atoms with Crippen molar-refractivity contribution in [2.75, 3.05) is 32.8 Å². The van der Waals surface area contributed by atoms with Crippen LogP contribution >= 0.6 is 23.2 Å². The van der Waals surface area contributed by atoms with E-state index in [0.717, 1.165) is 0 Å². The maximum absolute atomic E-state index is 12.9. The van der Waals surface area contributed by atoms with Crippen LogP contribution < -0.4 is 5.76 Å². The molecule has 1 aliphatic heterocycles. The fourth-order valence-corrected chi connectivity index (χ4v) is 4.13. The third-order valence-electron chi connectivity index (χ3n) is 5.36. The van der Waals surface area contributed by atoms with E-state index in [1.54, 1.807) is 42.2 Å². The van der Waals surface area contributed by atoms with Gasteiger partial charge in [0.25, 0.3) is 0 Å². The smallest absolute Gasteiger partial charge is 0.421 e. The molecule has 4 rings (SSSR count). The van der Waals surface area contributed by atoms with Crippen LogP contribution in [0.2, 0.25) is 10.0 Å². The topological polar surface area (TPSA) is 85.0 Å². The quantitative estimate of drug-likeness (QED) is 0.518. The molecular weight excluding hydrogens is 457 g/mol. The Hall–Kier alpha value is -2.81. The van der Waals surface area contributed by atoms with Gasteiger partial charge in [0.15, 0.2) is 11.4 Å². The van der Waals surface area contributed by atoms with E-state index in [4.69, 9.17) is 32.4 Å². The Labute approximate surface area is 193 Å². The number of benzene rings is 2. The van der Waals surface area contributed by atoms with Crippen LogP contribution in [0.5, 0.6) is 0 Å². The van der Waals surface area contributed by atoms with E-state index < -0.39 is 5.76 Å². The molecule has 1 fully saturated rings. The summed E-state index contributed by atoms with van der Waals surface area (Å²) in [7, 11) is 0. The highest BCUT2D eigenvalue weighted by atomic mass is 35.5. The first-order valence-corrected chi connectivity index (χ1v) is 10.9. The molecule has 0 spiro atoms. The highest BCUT2D eigenvalue weighted by molar-refractivity contribution is 6.38. The van der Waals surface area contributed by atoms with Crippen molar-refractivity contribution in [1.29, 1.82) is 0 Å². The normalized spacial score (nSPS) is 14.7. The van der Waals surface area contributed by atoms with E-state index >= 15 is 0 Å². The summed E-state index contributed by atoms with van der Waals surface area (Å²) in [6.07, 6.45) is -0.333. The second kappa shape index (κ2) is 9.36.